The van der Waals surface area contributed by atoms with E-state index in [1.165, 1.54) is 18.4 Å². The fourth-order valence-electron chi connectivity index (χ4n) is 1.62. The molecule has 0 atom stereocenters. The molecule has 1 aromatic heterocycles. The first-order chi connectivity index (χ1) is 10.2. The van der Waals surface area contributed by atoms with Crippen LogP contribution in [0.15, 0.2) is 29.1 Å². The highest BCUT2D eigenvalue weighted by Gasteiger charge is 2.11. The first-order valence-corrected chi connectivity index (χ1v) is 7.08. The minimum absolute atomic E-state index is 0.184. The predicted octanol–water partition coefficient (Wildman–Crippen LogP) is 2.09. The number of carbonyl (C=O) groups is 1. The summed E-state index contributed by atoms with van der Waals surface area (Å²) in [6.07, 6.45) is 5.11. The van der Waals surface area contributed by atoms with E-state index in [1.807, 2.05) is 5.38 Å². The van der Waals surface area contributed by atoms with E-state index in [0.717, 1.165) is 5.69 Å². The summed E-state index contributed by atoms with van der Waals surface area (Å²) in [4.78, 5) is 16.0. The molecule has 0 spiro atoms. The number of thiazole rings is 1. The van der Waals surface area contributed by atoms with Gasteiger partial charge in [-0.25, -0.2) is 4.98 Å². The molecule has 1 heterocycles. The molecule has 0 aliphatic heterocycles. The van der Waals surface area contributed by atoms with Crippen molar-refractivity contribution in [1.29, 1.82) is 0 Å². The SMILES string of the molecule is C#CCNC(=O)c1ccc(OCc2cscn2)c(OC)c1. The molecule has 6 heteroatoms. The highest BCUT2D eigenvalue weighted by Crippen LogP contribution is 2.28. The number of hydrogen-bond acceptors (Lipinski definition) is 5. The molecule has 0 aliphatic rings. The Morgan fingerprint density at radius 2 is 2.33 bits per heavy atom. The van der Waals surface area contributed by atoms with Gasteiger partial charge in [0.15, 0.2) is 11.5 Å². The van der Waals surface area contributed by atoms with Crippen molar-refractivity contribution in [3.05, 3.63) is 40.3 Å². The normalized spacial score (nSPS) is 9.71. The Morgan fingerprint density at radius 1 is 1.48 bits per heavy atom. The third kappa shape index (κ3) is 3.97. The van der Waals surface area contributed by atoms with Gasteiger partial charge >= 0.3 is 0 Å². The molecule has 2 rings (SSSR count). The first-order valence-electron chi connectivity index (χ1n) is 6.14. The molecule has 0 saturated carbocycles. The zero-order chi connectivity index (χ0) is 15.1. The maximum absolute atomic E-state index is 11.8. The van der Waals surface area contributed by atoms with Crippen LogP contribution in [0.2, 0.25) is 0 Å². The number of hydrogen-bond donors (Lipinski definition) is 1. The van der Waals surface area contributed by atoms with E-state index in [9.17, 15) is 4.79 Å². The highest BCUT2D eigenvalue weighted by molar-refractivity contribution is 7.07. The van der Waals surface area contributed by atoms with Gasteiger partial charge in [-0.15, -0.1) is 17.8 Å². The summed E-state index contributed by atoms with van der Waals surface area (Å²) in [5.74, 6) is 3.14. The number of amides is 1. The lowest BCUT2D eigenvalue weighted by atomic mass is 10.2. The van der Waals surface area contributed by atoms with E-state index >= 15 is 0 Å². The van der Waals surface area contributed by atoms with Gasteiger partial charge in [-0.05, 0) is 18.2 Å². The van der Waals surface area contributed by atoms with Crippen molar-refractivity contribution < 1.29 is 14.3 Å². The van der Waals surface area contributed by atoms with Crippen molar-refractivity contribution in [3.8, 4) is 23.8 Å². The van der Waals surface area contributed by atoms with Gasteiger partial charge in [-0.3, -0.25) is 4.79 Å². The number of rotatable bonds is 6. The topological polar surface area (TPSA) is 60.5 Å². The quantitative estimate of drug-likeness (QED) is 0.830. The molecular formula is C15H14N2O3S. The number of terminal acetylenes is 1. The standard InChI is InChI=1S/C15H14N2O3S/c1-3-6-16-15(18)11-4-5-13(14(7-11)19-2)20-8-12-9-21-10-17-12/h1,4-5,7,9-10H,6,8H2,2H3,(H,16,18). The number of methoxy groups -OCH3 is 1. The fraction of sp³-hybridized carbons (Fsp3) is 0.200. The van der Waals surface area contributed by atoms with Crippen molar-refractivity contribution in [2.24, 2.45) is 0 Å². The Hall–Kier alpha value is -2.52. The molecule has 1 N–H and O–H groups in total. The van der Waals surface area contributed by atoms with Gasteiger partial charge in [0.2, 0.25) is 0 Å². The minimum atomic E-state index is -0.252. The number of aromatic nitrogens is 1. The molecule has 1 aromatic carbocycles. The predicted molar refractivity (Wildman–Crippen MR) is 80.6 cm³/mol. The summed E-state index contributed by atoms with van der Waals surface area (Å²) in [6.45, 7) is 0.533. The average molecular weight is 302 g/mol. The van der Waals surface area contributed by atoms with E-state index in [2.05, 4.69) is 16.2 Å². The second-order valence-electron chi connectivity index (χ2n) is 4.02. The monoisotopic (exact) mass is 302 g/mol. The van der Waals surface area contributed by atoms with E-state index in [4.69, 9.17) is 15.9 Å². The largest absolute Gasteiger partial charge is 0.493 e. The number of nitrogens with zero attached hydrogens (tertiary/aromatic N) is 1. The Balaban J connectivity index is 2.09. The van der Waals surface area contributed by atoms with Gasteiger partial charge in [-0.2, -0.15) is 0 Å². The summed E-state index contributed by atoms with van der Waals surface area (Å²) in [6, 6.07) is 4.96. The van der Waals surface area contributed by atoms with Crippen LogP contribution < -0.4 is 14.8 Å². The molecule has 0 aliphatic carbocycles. The molecule has 21 heavy (non-hydrogen) atoms. The van der Waals surface area contributed by atoms with Crippen LogP contribution in [-0.2, 0) is 6.61 Å². The lowest BCUT2D eigenvalue weighted by molar-refractivity contribution is 0.0958. The van der Waals surface area contributed by atoms with Gasteiger partial charge < -0.3 is 14.8 Å². The lowest BCUT2D eigenvalue weighted by Gasteiger charge is -2.11. The van der Waals surface area contributed by atoms with Crippen LogP contribution in [0.25, 0.3) is 0 Å². The molecule has 0 saturated heterocycles. The lowest BCUT2D eigenvalue weighted by Crippen LogP contribution is -2.23. The van der Waals surface area contributed by atoms with Crippen molar-refractivity contribution in [1.82, 2.24) is 10.3 Å². The number of carbonyl (C=O) groups excluding carboxylic acids is 1. The van der Waals surface area contributed by atoms with Gasteiger partial charge in [0.05, 0.1) is 24.9 Å². The van der Waals surface area contributed by atoms with Crippen LogP contribution in [0.5, 0.6) is 11.5 Å². The third-order valence-corrected chi connectivity index (χ3v) is 3.27. The summed E-state index contributed by atoms with van der Waals surface area (Å²) in [5, 5.41) is 4.50. The molecular weight excluding hydrogens is 288 g/mol. The second-order valence-corrected chi connectivity index (χ2v) is 4.74. The maximum Gasteiger partial charge on any atom is 0.252 e. The van der Waals surface area contributed by atoms with Crippen molar-refractivity contribution in [2.45, 2.75) is 6.61 Å². The zero-order valence-electron chi connectivity index (χ0n) is 11.5. The second kappa shape index (κ2) is 7.31. The van der Waals surface area contributed by atoms with Crippen molar-refractivity contribution in [2.75, 3.05) is 13.7 Å². The van der Waals surface area contributed by atoms with Crippen LogP contribution in [-0.4, -0.2) is 24.5 Å². The molecule has 0 radical (unpaired) electrons. The first kappa shape index (κ1) is 14.9. The van der Waals surface area contributed by atoms with E-state index in [0.29, 0.717) is 23.7 Å². The summed E-state index contributed by atoms with van der Waals surface area (Å²) in [7, 11) is 1.52. The molecule has 1 amide bonds. The Bertz CT molecular complexity index is 647. The molecule has 108 valence electrons. The average Bonchev–Trinajstić information content (AvgIpc) is 3.03. The summed E-state index contributed by atoms with van der Waals surface area (Å²) >= 11 is 1.51. The van der Waals surface area contributed by atoms with E-state index < -0.39 is 0 Å². The van der Waals surface area contributed by atoms with E-state index in [-0.39, 0.29) is 12.5 Å². The summed E-state index contributed by atoms with van der Waals surface area (Å²) in [5.41, 5.74) is 3.05. The Labute approximate surface area is 126 Å². The fourth-order valence-corrected chi connectivity index (χ4v) is 2.17. The zero-order valence-corrected chi connectivity index (χ0v) is 12.3. The minimum Gasteiger partial charge on any atom is -0.493 e. The van der Waals surface area contributed by atoms with Gasteiger partial charge in [0.25, 0.3) is 5.91 Å². The summed E-state index contributed by atoms with van der Waals surface area (Å²) < 4.78 is 10.9. The smallest absolute Gasteiger partial charge is 0.252 e. The van der Waals surface area contributed by atoms with Gasteiger partial charge in [0, 0.05) is 10.9 Å². The number of benzene rings is 1. The molecule has 0 bridgehead atoms. The number of nitrogens with one attached hydrogen (secondary N) is 1. The van der Waals surface area contributed by atoms with Gasteiger partial charge in [0.1, 0.15) is 6.61 Å². The van der Waals surface area contributed by atoms with Crippen LogP contribution in [0.1, 0.15) is 16.1 Å². The van der Waals surface area contributed by atoms with Crippen LogP contribution in [0, 0.1) is 12.3 Å². The van der Waals surface area contributed by atoms with Gasteiger partial charge in [-0.1, -0.05) is 5.92 Å². The van der Waals surface area contributed by atoms with Crippen molar-refractivity contribution in [3.63, 3.8) is 0 Å². The Morgan fingerprint density at radius 3 is 3.00 bits per heavy atom. The maximum atomic E-state index is 11.8. The number of ether oxygens (including phenoxy) is 2. The van der Waals surface area contributed by atoms with Crippen LogP contribution in [0.3, 0.4) is 0 Å². The molecule has 0 fully saturated rings. The molecule has 0 unspecified atom stereocenters. The molecule has 5 nitrogen and oxygen atoms in total. The third-order valence-electron chi connectivity index (χ3n) is 2.64. The van der Waals surface area contributed by atoms with Crippen LogP contribution >= 0.6 is 11.3 Å². The van der Waals surface area contributed by atoms with Crippen molar-refractivity contribution >= 4 is 17.2 Å². The Kier molecular flexibility index (Phi) is 5.18. The van der Waals surface area contributed by atoms with Crippen LogP contribution in [0.4, 0.5) is 0 Å². The highest BCUT2D eigenvalue weighted by atomic mass is 32.1. The molecule has 2 aromatic rings. The van der Waals surface area contributed by atoms with E-state index in [1.54, 1.807) is 23.7 Å².